The van der Waals surface area contributed by atoms with Crippen molar-refractivity contribution >= 4 is 12.0 Å². The lowest BCUT2D eigenvalue weighted by Gasteiger charge is -2.47. The van der Waals surface area contributed by atoms with Gasteiger partial charge in [0.25, 0.3) is 0 Å². The van der Waals surface area contributed by atoms with Crippen molar-refractivity contribution in [3.8, 4) is 0 Å². The van der Waals surface area contributed by atoms with Crippen LogP contribution in [0.15, 0.2) is 0 Å². The third kappa shape index (κ3) is 3.40. The third-order valence-corrected chi connectivity index (χ3v) is 3.13. The average molecular weight is 228 g/mol. The van der Waals surface area contributed by atoms with Gasteiger partial charge in [-0.1, -0.05) is 13.8 Å². The van der Waals surface area contributed by atoms with E-state index in [0.29, 0.717) is 13.0 Å². The SMILES string of the molecule is CCC1(C)CN(C(=O)NCCCC(=O)O)C1. The van der Waals surface area contributed by atoms with Crippen LogP contribution in [0.25, 0.3) is 0 Å². The molecule has 5 nitrogen and oxygen atoms in total. The number of urea groups is 1. The van der Waals surface area contributed by atoms with Crippen LogP contribution in [0.3, 0.4) is 0 Å². The molecule has 0 atom stereocenters. The number of rotatable bonds is 5. The molecule has 1 fully saturated rings. The minimum Gasteiger partial charge on any atom is -0.481 e. The lowest BCUT2D eigenvalue weighted by Crippen LogP contribution is -2.59. The summed E-state index contributed by atoms with van der Waals surface area (Å²) in [6.07, 6.45) is 1.67. The monoisotopic (exact) mass is 228 g/mol. The van der Waals surface area contributed by atoms with Crippen molar-refractivity contribution in [1.82, 2.24) is 10.2 Å². The molecule has 0 aromatic heterocycles. The molecule has 1 aliphatic heterocycles. The number of carboxylic acid groups (broad SMARTS) is 1. The molecule has 0 aliphatic carbocycles. The zero-order valence-electron chi connectivity index (χ0n) is 9.95. The molecule has 0 saturated carbocycles. The minimum absolute atomic E-state index is 0.0729. The molecule has 1 heterocycles. The van der Waals surface area contributed by atoms with Crippen LogP contribution in [0.2, 0.25) is 0 Å². The lowest BCUT2D eigenvalue weighted by molar-refractivity contribution is -0.137. The van der Waals surface area contributed by atoms with Gasteiger partial charge in [0.15, 0.2) is 0 Å². The first-order valence-corrected chi connectivity index (χ1v) is 5.71. The van der Waals surface area contributed by atoms with Gasteiger partial charge in [-0.25, -0.2) is 4.79 Å². The summed E-state index contributed by atoms with van der Waals surface area (Å²) in [7, 11) is 0. The lowest BCUT2D eigenvalue weighted by atomic mass is 9.80. The van der Waals surface area contributed by atoms with Gasteiger partial charge in [0.2, 0.25) is 0 Å². The van der Waals surface area contributed by atoms with Gasteiger partial charge in [-0.2, -0.15) is 0 Å². The largest absolute Gasteiger partial charge is 0.481 e. The number of amides is 2. The summed E-state index contributed by atoms with van der Waals surface area (Å²) >= 11 is 0. The second kappa shape index (κ2) is 5.18. The summed E-state index contributed by atoms with van der Waals surface area (Å²) in [5.41, 5.74) is 0.276. The summed E-state index contributed by atoms with van der Waals surface area (Å²) < 4.78 is 0. The summed E-state index contributed by atoms with van der Waals surface area (Å²) in [6, 6.07) is -0.0729. The molecule has 0 bridgehead atoms. The molecule has 2 N–H and O–H groups in total. The van der Waals surface area contributed by atoms with Gasteiger partial charge >= 0.3 is 12.0 Å². The maximum atomic E-state index is 11.5. The smallest absolute Gasteiger partial charge is 0.317 e. The first-order chi connectivity index (χ1) is 7.47. The highest BCUT2D eigenvalue weighted by atomic mass is 16.4. The summed E-state index contributed by atoms with van der Waals surface area (Å²) in [5, 5.41) is 11.1. The Balaban J connectivity index is 2.11. The van der Waals surface area contributed by atoms with Crippen LogP contribution >= 0.6 is 0 Å². The Morgan fingerprint density at radius 2 is 2.06 bits per heavy atom. The summed E-state index contributed by atoms with van der Waals surface area (Å²) in [6.45, 7) is 6.33. The quantitative estimate of drug-likeness (QED) is 0.697. The fourth-order valence-electron chi connectivity index (χ4n) is 1.79. The van der Waals surface area contributed by atoms with Crippen molar-refractivity contribution in [2.45, 2.75) is 33.1 Å². The van der Waals surface area contributed by atoms with Gasteiger partial charge in [-0.3, -0.25) is 4.79 Å². The van der Waals surface area contributed by atoms with E-state index in [1.807, 2.05) is 0 Å². The minimum atomic E-state index is -0.822. The number of hydrogen-bond acceptors (Lipinski definition) is 2. The van der Waals surface area contributed by atoms with Gasteiger partial charge in [-0.05, 0) is 12.8 Å². The van der Waals surface area contributed by atoms with Crippen LogP contribution in [0, 0.1) is 5.41 Å². The Morgan fingerprint density at radius 3 is 2.56 bits per heavy atom. The van der Waals surface area contributed by atoms with E-state index in [4.69, 9.17) is 5.11 Å². The fourth-order valence-corrected chi connectivity index (χ4v) is 1.79. The first kappa shape index (κ1) is 12.8. The molecule has 0 spiro atoms. The number of nitrogens with zero attached hydrogens (tertiary/aromatic N) is 1. The number of carbonyl (C=O) groups excluding carboxylic acids is 1. The standard InChI is InChI=1S/C11H20N2O3/c1-3-11(2)7-13(8-11)10(16)12-6-4-5-9(14)15/h3-8H2,1-2H3,(H,12,16)(H,14,15). The van der Waals surface area contributed by atoms with E-state index >= 15 is 0 Å². The van der Waals surface area contributed by atoms with E-state index in [2.05, 4.69) is 19.2 Å². The molecule has 0 aromatic rings. The highest BCUT2D eigenvalue weighted by Crippen LogP contribution is 2.32. The fraction of sp³-hybridized carbons (Fsp3) is 0.818. The molecule has 1 rings (SSSR count). The summed E-state index contributed by atoms with van der Waals surface area (Å²) in [4.78, 5) is 23.6. The number of aliphatic carboxylic acids is 1. The molecular formula is C11H20N2O3. The van der Waals surface area contributed by atoms with Crippen molar-refractivity contribution in [3.05, 3.63) is 0 Å². The Kier molecular flexibility index (Phi) is 4.15. The Labute approximate surface area is 95.8 Å². The molecular weight excluding hydrogens is 208 g/mol. The number of nitrogens with one attached hydrogen (secondary N) is 1. The molecule has 2 amide bonds. The first-order valence-electron chi connectivity index (χ1n) is 5.71. The van der Waals surface area contributed by atoms with E-state index in [9.17, 15) is 9.59 Å². The van der Waals surface area contributed by atoms with Gasteiger partial charge in [0.1, 0.15) is 0 Å². The Morgan fingerprint density at radius 1 is 1.44 bits per heavy atom. The highest BCUT2D eigenvalue weighted by Gasteiger charge is 2.39. The van der Waals surface area contributed by atoms with Gasteiger partial charge < -0.3 is 15.3 Å². The van der Waals surface area contributed by atoms with Crippen LogP contribution in [-0.4, -0.2) is 41.6 Å². The topological polar surface area (TPSA) is 69.6 Å². The molecule has 1 saturated heterocycles. The molecule has 0 radical (unpaired) electrons. The number of likely N-dealkylation sites (tertiary alicyclic amines) is 1. The second-order valence-corrected chi connectivity index (χ2v) is 4.75. The van der Waals surface area contributed by atoms with Crippen molar-refractivity contribution in [2.75, 3.05) is 19.6 Å². The molecule has 0 aromatic carbocycles. The van der Waals surface area contributed by atoms with Crippen molar-refractivity contribution < 1.29 is 14.7 Å². The number of carbonyl (C=O) groups is 2. The molecule has 1 aliphatic rings. The molecule has 0 unspecified atom stereocenters. The Hall–Kier alpha value is -1.26. The second-order valence-electron chi connectivity index (χ2n) is 4.75. The van der Waals surface area contributed by atoms with Crippen molar-refractivity contribution in [3.63, 3.8) is 0 Å². The van der Waals surface area contributed by atoms with Crippen molar-refractivity contribution in [2.24, 2.45) is 5.41 Å². The van der Waals surface area contributed by atoms with Gasteiger partial charge in [0, 0.05) is 31.5 Å². The zero-order chi connectivity index (χ0) is 12.2. The predicted molar refractivity (Wildman–Crippen MR) is 60.2 cm³/mol. The van der Waals surface area contributed by atoms with Crippen LogP contribution in [0.1, 0.15) is 33.1 Å². The maximum absolute atomic E-state index is 11.5. The van der Waals surface area contributed by atoms with E-state index in [0.717, 1.165) is 19.5 Å². The Bertz CT molecular complexity index is 272. The molecule has 5 heteroatoms. The number of carboxylic acids is 1. The molecule has 92 valence electrons. The predicted octanol–water partition coefficient (Wildman–Crippen LogP) is 1.29. The highest BCUT2D eigenvalue weighted by molar-refractivity contribution is 5.75. The molecule has 16 heavy (non-hydrogen) atoms. The van der Waals surface area contributed by atoms with Crippen LogP contribution in [0.4, 0.5) is 4.79 Å². The maximum Gasteiger partial charge on any atom is 0.317 e. The van der Waals surface area contributed by atoms with E-state index in [1.54, 1.807) is 4.90 Å². The van der Waals surface area contributed by atoms with Crippen molar-refractivity contribution in [1.29, 1.82) is 0 Å². The summed E-state index contributed by atoms with van der Waals surface area (Å²) in [5.74, 6) is -0.822. The third-order valence-electron chi connectivity index (χ3n) is 3.13. The van der Waals surface area contributed by atoms with E-state index in [-0.39, 0.29) is 17.9 Å². The van der Waals surface area contributed by atoms with Crippen LogP contribution < -0.4 is 5.32 Å². The van der Waals surface area contributed by atoms with Gasteiger partial charge in [0.05, 0.1) is 0 Å². The average Bonchev–Trinajstić information content (AvgIpc) is 2.19. The van der Waals surface area contributed by atoms with E-state index in [1.165, 1.54) is 0 Å². The number of hydrogen-bond donors (Lipinski definition) is 2. The van der Waals surface area contributed by atoms with Gasteiger partial charge in [-0.15, -0.1) is 0 Å². The normalized spacial score (nSPS) is 17.8. The van der Waals surface area contributed by atoms with Crippen LogP contribution in [0.5, 0.6) is 0 Å². The zero-order valence-corrected chi connectivity index (χ0v) is 9.95. The van der Waals surface area contributed by atoms with E-state index < -0.39 is 5.97 Å². The van der Waals surface area contributed by atoms with Crippen LogP contribution in [-0.2, 0) is 4.79 Å².